The molecule has 1 amide bonds. The van der Waals surface area contributed by atoms with Gasteiger partial charge in [-0.2, -0.15) is 5.10 Å². The molecule has 1 aromatic carbocycles. The maximum atomic E-state index is 13.8. The highest BCUT2D eigenvalue weighted by Gasteiger charge is 2.29. The van der Waals surface area contributed by atoms with Crippen LogP contribution in [0.2, 0.25) is 0 Å². The van der Waals surface area contributed by atoms with Crippen molar-refractivity contribution >= 4 is 27.7 Å². The fourth-order valence-electron chi connectivity index (χ4n) is 5.83. The molecule has 2 saturated heterocycles. The summed E-state index contributed by atoms with van der Waals surface area (Å²) in [6.45, 7) is 10.3. The molecule has 9 heteroatoms. The van der Waals surface area contributed by atoms with Gasteiger partial charge in [-0.25, -0.2) is 0 Å². The highest BCUT2D eigenvalue weighted by atomic mass is 16.5. The molecule has 3 fully saturated rings. The molecular formula is C28H37N5O4. The number of carbonyl (C=O) groups excluding carboxylic acids is 1. The minimum atomic E-state index is -0.148. The van der Waals surface area contributed by atoms with Gasteiger partial charge in [0.1, 0.15) is 0 Å². The van der Waals surface area contributed by atoms with Crippen molar-refractivity contribution in [2.24, 2.45) is 5.92 Å². The summed E-state index contributed by atoms with van der Waals surface area (Å²) in [4.78, 5) is 34.0. The van der Waals surface area contributed by atoms with Crippen molar-refractivity contribution in [3.63, 3.8) is 0 Å². The van der Waals surface area contributed by atoms with Crippen molar-refractivity contribution < 1.29 is 14.3 Å². The summed E-state index contributed by atoms with van der Waals surface area (Å²) >= 11 is 0. The predicted octanol–water partition coefficient (Wildman–Crippen LogP) is 3.11. The lowest BCUT2D eigenvalue weighted by Crippen LogP contribution is -2.54. The largest absolute Gasteiger partial charge is 0.381 e. The quantitative estimate of drug-likeness (QED) is 0.494. The molecule has 0 unspecified atom stereocenters. The molecule has 0 bridgehead atoms. The molecule has 9 nitrogen and oxygen atoms in total. The molecule has 6 rings (SSSR count). The summed E-state index contributed by atoms with van der Waals surface area (Å²) in [7, 11) is 0. The van der Waals surface area contributed by atoms with Crippen molar-refractivity contribution in [1.29, 1.82) is 0 Å². The molecule has 37 heavy (non-hydrogen) atoms. The van der Waals surface area contributed by atoms with E-state index in [9.17, 15) is 9.59 Å². The molecule has 1 aliphatic carbocycles. The Morgan fingerprint density at radius 2 is 1.97 bits per heavy atom. The van der Waals surface area contributed by atoms with Gasteiger partial charge in [0, 0.05) is 63.0 Å². The van der Waals surface area contributed by atoms with E-state index in [1.165, 1.54) is 12.8 Å². The van der Waals surface area contributed by atoms with E-state index in [1.807, 2.05) is 28.6 Å². The third kappa shape index (κ3) is 4.92. The van der Waals surface area contributed by atoms with E-state index in [0.29, 0.717) is 37.3 Å². The average Bonchev–Trinajstić information content (AvgIpc) is 3.62. The summed E-state index contributed by atoms with van der Waals surface area (Å²) in [5.41, 5.74) is 2.96. The van der Waals surface area contributed by atoms with Crippen LogP contribution in [-0.4, -0.2) is 89.1 Å². The van der Waals surface area contributed by atoms with Crippen LogP contribution in [0.3, 0.4) is 0 Å². The van der Waals surface area contributed by atoms with Crippen molar-refractivity contribution in [3.05, 3.63) is 39.8 Å². The number of hydrogen-bond acceptors (Lipinski definition) is 6. The highest BCUT2D eigenvalue weighted by molar-refractivity contribution is 6.07. The topological polar surface area (TPSA) is 92.7 Å². The van der Waals surface area contributed by atoms with Gasteiger partial charge < -0.3 is 19.4 Å². The van der Waals surface area contributed by atoms with E-state index in [1.54, 1.807) is 6.20 Å². The number of aryl methyl sites for hydroxylation is 1. The number of aromatic amines is 1. The summed E-state index contributed by atoms with van der Waals surface area (Å²) in [5.74, 6) is 0.832. The minimum absolute atomic E-state index is 0.0485. The van der Waals surface area contributed by atoms with E-state index in [-0.39, 0.29) is 23.6 Å². The number of nitrogens with one attached hydrogen (secondary N) is 1. The molecule has 198 valence electrons. The highest BCUT2D eigenvalue weighted by Crippen LogP contribution is 2.31. The number of rotatable bonds is 7. The van der Waals surface area contributed by atoms with Gasteiger partial charge in [0.25, 0.3) is 11.5 Å². The Morgan fingerprint density at radius 1 is 1.16 bits per heavy atom. The molecule has 2 aromatic heterocycles. The van der Waals surface area contributed by atoms with Crippen molar-refractivity contribution in [2.45, 2.75) is 51.6 Å². The molecule has 0 radical (unpaired) electrons. The predicted molar refractivity (Wildman–Crippen MR) is 142 cm³/mol. The van der Waals surface area contributed by atoms with Gasteiger partial charge in [-0.1, -0.05) is 0 Å². The van der Waals surface area contributed by atoms with Gasteiger partial charge in [-0.15, -0.1) is 0 Å². The number of pyridine rings is 1. The summed E-state index contributed by atoms with van der Waals surface area (Å²) < 4.78 is 13.4. The Kier molecular flexibility index (Phi) is 6.77. The fraction of sp³-hybridized carbons (Fsp3) is 0.607. The zero-order chi connectivity index (χ0) is 25.5. The van der Waals surface area contributed by atoms with E-state index >= 15 is 0 Å². The van der Waals surface area contributed by atoms with E-state index in [0.717, 1.165) is 67.0 Å². The van der Waals surface area contributed by atoms with Crippen molar-refractivity contribution in [3.8, 4) is 0 Å². The lowest BCUT2D eigenvalue weighted by molar-refractivity contribution is 0.0361. The van der Waals surface area contributed by atoms with Crippen LogP contribution in [0.1, 0.15) is 54.6 Å². The van der Waals surface area contributed by atoms with E-state index < -0.39 is 0 Å². The van der Waals surface area contributed by atoms with Crippen molar-refractivity contribution in [2.75, 3.05) is 52.6 Å². The number of ether oxygens (including phenoxy) is 2. The second-order valence-corrected chi connectivity index (χ2v) is 11.0. The third-order valence-corrected chi connectivity index (χ3v) is 8.30. The number of hydrogen-bond donors (Lipinski definition) is 1. The standard InChI is InChI=1S/C28H37N5O4/c1-18-13-25-23(26-24(27(34)30-25)15-29-33(26)21-5-10-36-11-6-21)14-22(18)28(35)32-8-7-31(19(2)16-32)9-12-37-17-20-3-4-20/h13-15,19-21H,3-12,16-17H2,1-2H3,(H,30,34)/t19-/m0/s1. The first kappa shape index (κ1) is 24.6. The molecule has 1 saturated carbocycles. The molecular weight excluding hydrogens is 470 g/mol. The number of H-pyrrole nitrogens is 1. The molecule has 3 aliphatic rings. The molecule has 2 aliphatic heterocycles. The van der Waals surface area contributed by atoms with E-state index in [2.05, 4.69) is 21.9 Å². The second-order valence-electron chi connectivity index (χ2n) is 11.0. The number of fused-ring (bicyclic) bond motifs is 3. The van der Waals surface area contributed by atoms with Crippen LogP contribution in [0.15, 0.2) is 23.1 Å². The summed E-state index contributed by atoms with van der Waals surface area (Å²) in [6.07, 6.45) is 5.99. The number of piperazine rings is 1. The van der Waals surface area contributed by atoms with Crippen molar-refractivity contribution in [1.82, 2.24) is 24.6 Å². The van der Waals surface area contributed by atoms with Crippen LogP contribution in [-0.2, 0) is 9.47 Å². The van der Waals surface area contributed by atoms with Gasteiger partial charge in [0.05, 0.1) is 35.3 Å². The lowest BCUT2D eigenvalue weighted by Gasteiger charge is -2.40. The molecule has 1 N–H and O–H groups in total. The number of carbonyl (C=O) groups is 1. The SMILES string of the molecule is Cc1cc2[nH]c(=O)c3cnn(C4CCOCC4)c3c2cc1C(=O)N1CCN(CCOCC2CC2)[C@@H](C)C1. The molecule has 4 heterocycles. The van der Waals surface area contributed by atoms with Gasteiger partial charge >= 0.3 is 0 Å². The third-order valence-electron chi connectivity index (χ3n) is 8.30. The van der Waals surface area contributed by atoms with Crippen LogP contribution < -0.4 is 5.56 Å². The Balaban J connectivity index is 1.25. The summed E-state index contributed by atoms with van der Waals surface area (Å²) in [5, 5.41) is 6.04. The first-order valence-electron chi connectivity index (χ1n) is 13.7. The number of benzene rings is 1. The van der Waals surface area contributed by atoms with Gasteiger partial charge in [0.2, 0.25) is 0 Å². The minimum Gasteiger partial charge on any atom is -0.381 e. The Morgan fingerprint density at radius 3 is 2.73 bits per heavy atom. The van der Waals surface area contributed by atoms with E-state index in [4.69, 9.17) is 9.47 Å². The Labute approximate surface area is 216 Å². The van der Waals surface area contributed by atoms with Gasteiger partial charge in [0.15, 0.2) is 0 Å². The first-order valence-corrected chi connectivity index (χ1v) is 13.7. The second kappa shape index (κ2) is 10.2. The zero-order valence-corrected chi connectivity index (χ0v) is 21.9. The fourth-order valence-corrected chi connectivity index (χ4v) is 5.83. The van der Waals surface area contributed by atoms with Crippen LogP contribution in [0.25, 0.3) is 21.8 Å². The zero-order valence-electron chi connectivity index (χ0n) is 21.9. The number of nitrogens with zero attached hydrogens (tertiary/aromatic N) is 4. The maximum Gasteiger partial charge on any atom is 0.259 e. The first-order chi connectivity index (χ1) is 18.0. The number of aromatic nitrogens is 3. The van der Waals surface area contributed by atoms with Gasteiger partial charge in [-0.3, -0.25) is 19.2 Å². The Bertz CT molecular complexity index is 1350. The molecule has 3 aromatic rings. The Hall–Kier alpha value is -2.75. The van der Waals surface area contributed by atoms with Crippen LogP contribution in [0, 0.1) is 12.8 Å². The molecule has 0 spiro atoms. The molecule has 1 atom stereocenters. The number of amides is 1. The summed E-state index contributed by atoms with van der Waals surface area (Å²) in [6, 6.07) is 4.35. The monoisotopic (exact) mass is 507 g/mol. The van der Waals surface area contributed by atoms with Crippen LogP contribution in [0.4, 0.5) is 0 Å². The van der Waals surface area contributed by atoms with Gasteiger partial charge in [-0.05, 0) is 63.1 Å². The van der Waals surface area contributed by atoms with Crippen LogP contribution in [0.5, 0.6) is 0 Å². The lowest BCUT2D eigenvalue weighted by atomic mass is 10.0. The normalized spacial score (nSPS) is 21.8. The maximum absolute atomic E-state index is 13.8. The van der Waals surface area contributed by atoms with Crippen LogP contribution >= 0.6 is 0 Å². The smallest absolute Gasteiger partial charge is 0.259 e. The average molecular weight is 508 g/mol.